The average Bonchev–Trinajstić information content (AvgIpc) is 3.33. The first-order valence-electron chi connectivity index (χ1n) is 10.4. The molecule has 0 saturated carbocycles. The average molecular weight is 396 g/mol. The Bertz CT molecular complexity index is 812. The Morgan fingerprint density at radius 3 is 2.45 bits per heavy atom. The Balaban J connectivity index is 1.25. The Hall–Kier alpha value is -2.96. The van der Waals surface area contributed by atoms with Crippen LogP contribution in [0.25, 0.3) is 0 Å². The molecule has 0 aliphatic carbocycles. The molecule has 2 saturated heterocycles. The molecule has 0 bridgehead atoms. The van der Waals surface area contributed by atoms with Crippen LogP contribution >= 0.6 is 0 Å². The summed E-state index contributed by atoms with van der Waals surface area (Å²) in [7, 11) is 1.69. The number of nitrogens with one attached hydrogen (secondary N) is 1. The van der Waals surface area contributed by atoms with E-state index in [0.29, 0.717) is 19.6 Å². The number of para-hydroxylation sites is 2. The largest absolute Gasteiger partial charge is 0.495 e. The molecule has 3 heterocycles. The second-order valence-electron chi connectivity index (χ2n) is 7.52. The van der Waals surface area contributed by atoms with Crippen molar-refractivity contribution in [2.75, 3.05) is 56.2 Å². The maximum atomic E-state index is 12.6. The van der Waals surface area contributed by atoms with Gasteiger partial charge in [-0.2, -0.15) is 0 Å². The second kappa shape index (κ2) is 9.03. The minimum atomic E-state index is -0.0201. The number of methoxy groups -OCH3 is 1. The summed E-state index contributed by atoms with van der Waals surface area (Å²) < 4.78 is 5.46. The third kappa shape index (κ3) is 4.55. The molecule has 1 N–H and O–H groups in total. The molecule has 7 heteroatoms. The van der Waals surface area contributed by atoms with Gasteiger partial charge in [0, 0.05) is 52.0 Å². The number of amides is 2. The van der Waals surface area contributed by atoms with Crippen LogP contribution in [-0.2, 0) is 6.54 Å². The number of ether oxygens (including phenoxy) is 1. The summed E-state index contributed by atoms with van der Waals surface area (Å²) in [5, 5.41) is 3.03. The van der Waals surface area contributed by atoms with E-state index in [9.17, 15) is 4.79 Å². The van der Waals surface area contributed by atoms with Gasteiger partial charge in [-0.1, -0.05) is 18.2 Å². The lowest BCUT2D eigenvalue weighted by molar-refractivity contribution is 0.194. The van der Waals surface area contributed by atoms with Crippen molar-refractivity contribution in [1.82, 2.24) is 15.2 Å². The number of carbonyl (C=O) groups is 1. The maximum absolute atomic E-state index is 12.6. The van der Waals surface area contributed by atoms with Crippen LogP contribution in [0.15, 0.2) is 42.6 Å². The Labute approximate surface area is 172 Å². The van der Waals surface area contributed by atoms with Crippen LogP contribution in [0.4, 0.5) is 16.3 Å². The van der Waals surface area contributed by atoms with Crippen molar-refractivity contribution < 1.29 is 9.53 Å². The van der Waals surface area contributed by atoms with Gasteiger partial charge < -0.3 is 24.8 Å². The molecule has 0 unspecified atom stereocenters. The lowest BCUT2D eigenvalue weighted by Crippen LogP contribution is -2.51. The van der Waals surface area contributed by atoms with Crippen LogP contribution < -0.4 is 19.9 Å². The number of benzene rings is 1. The fourth-order valence-electron chi connectivity index (χ4n) is 3.99. The third-order valence-corrected chi connectivity index (χ3v) is 5.68. The topological polar surface area (TPSA) is 60.9 Å². The van der Waals surface area contributed by atoms with Crippen LogP contribution in [0, 0.1) is 0 Å². The van der Waals surface area contributed by atoms with Crippen molar-refractivity contribution >= 4 is 17.5 Å². The van der Waals surface area contributed by atoms with Gasteiger partial charge in [0.25, 0.3) is 0 Å². The lowest BCUT2D eigenvalue weighted by atomic mass is 10.2. The predicted molar refractivity (Wildman–Crippen MR) is 115 cm³/mol. The van der Waals surface area contributed by atoms with E-state index in [1.807, 2.05) is 29.3 Å². The molecular weight excluding hydrogens is 366 g/mol. The van der Waals surface area contributed by atoms with E-state index in [-0.39, 0.29) is 6.03 Å². The molecule has 0 spiro atoms. The molecule has 7 nitrogen and oxygen atoms in total. The van der Waals surface area contributed by atoms with Gasteiger partial charge in [0.1, 0.15) is 11.6 Å². The molecule has 2 amide bonds. The molecule has 1 aromatic heterocycles. The summed E-state index contributed by atoms with van der Waals surface area (Å²) in [5.74, 6) is 1.90. The fraction of sp³-hybridized carbons (Fsp3) is 0.455. The first-order chi connectivity index (χ1) is 14.2. The third-order valence-electron chi connectivity index (χ3n) is 5.68. The standard InChI is InChI=1S/C22H29N5O2/c1-29-20-7-3-2-6-19(20)25-12-14-27(15-13-25)22(28)24-17-18-8-9-21(23-16-18)26-10-4-5-11-26/h2-3,6-9,16H,4-5,10-15,17H2,1H3,(H,24,28). The van der Waals surface area contributed by atoms with E-state index in [1.54, 1.807) is 7.11 Å². The van der Waals surface area contributed by atoms with Crippen molar-refractivity contribution in [1.29, 1.82) is 0 Å². The van der Waals surface area contributed by atoms with Crippen LogP contribution in [-0.4, -0.2) is 62.3 Å². The van der Waals surface area contributed by atoms with Crippen molar-refractivity contribution in [3.63, 3.8) is 0 Å². The summed E-state index contributed by atoms with van der Waals surface area (Å²) in [5.41, 5.74) is 2.10. The SMILES string of the molecule is COc1ccccc1N1CCN(C(=O)NCc2ccc(N3CCCC3)nc2)CC1. The second-order valence-corrected chi connectivity index (χ2v) is 7.52. The molecule has 2 fully saturated rings. The molecule has 29 heavy (non-hydrogen) atoms. The summed E-state index contributed by atoms with van der Waals surface area (Å²) in [6, 6.07) is 12.1. The summed E-state index contributed by atoms with van der Waals surface area (Å²) >= 11 is 0. The lowest BCUT2D eigenvalue weighted by Gasteiger charge is -2.36. The number of pyridine rings is 1. The predicted octanol–water partition coefficient (Wildman–Crippen LogP) is 2.72. The van der Waals surface area contributed by atoms with E-state index in [4.69, 9.17) is 4.74 Å². The first kappa shape index (κ1) is 19.4. The summed E-state index contributed by atoms with van der Waals surface area (Å²) in [6.45, 7) is 5.64. The molecule has 2 aliphatic heterocycles. The van der Waals surface area contributed by atoms with Crippen molar-refractivity contribution in [2.45, 2.75) is 19.4 Å². The zero-order valence-electron chi connectivity index (χ0n) is 17.0. The summed E-state index contributed by atoms with van der Waals surface area (Å²) in [6.07, 6.45) is 4.35. The van der Waals surface area contributed by atoms with E-state index in [0.717, 1.165) is 49.0 Å². The number of piperazine rings is 1. The molecule has 1 aromatic carbocycles. The fourth-order valence-corrected chi connectivity index (χ4v) is 3.99. The monoisotopic (exact) mass is 395 g/mol. The minimum absolute atomic E-state index is 0.0201. The number of hydrogen-bond acceptors (Lipinski definition) is 5. The highest BCUT2D eigenvalue weighted by atomic mass is 16.5. The first-order valence-corrected chi connectivity index (χ1v) is 10.4. The smallest absolute Gasteiger partial charge is 0.317 e. The number of hydrogen-bond donors (Lipinski definition) is 1. The highest BCUT2D eigenvalue weighted by molar-refractivity contribution is 5.74. The van der Waals surface area contributed by atoms with Crippen molar-refractivity contribution in [3.8, 4) is 5.75 Å². The summed E-state index contributed by atoms with van der Waals surface area (Å²) in [4.78, 5) is 23.6. The quantitative estimate of drug-likeness (QED) is 0.844. The van der Waals surface area contributed by atoms with Gasteiger partial charge in [0.2, 0.25) is 0 Å². The van der Waals surface area contributed by atoms with Gasteiger partial charge in [-0.05, 0) is 36.6 Å². The number of anilines is 2. The number of aromatic nitrogens is 1. The molecule has 0 atom stereocenters. The molecule has 2 aromatic rings. The van der Waals surface area contributed by atoms with E-state index in [2.05, 4.69) is 38.3 Å². The van der Waals surface area contributed by atoms with Gasteiger partial charge in [0.15, 0.2) is 0 Å². The molecule has 2 aliphatic rings. The van der Waals surface area contributed by atoms with E-state index >= 15 is 0 Å². The highest BCUT2D eigenvalue weighted by Gasteiger charge is 2.22. The molecule has 154 valence electrons. The zero-order valence-corrected chi connectivity index (χ0v) is 17.0. The van der Waals surface area contributed by atoms with Crippen LogP contribution in [0.2, 0.25) is 0 Å². The van der Waals surface area contributed by atoms with E-state index in [1.165, 1.54) is 12.8 Å². The van der Waals surface area contributed by atoms with Gasteiger partial charge >= 0.3 is 6.03 Å². The highest BCUT2D eigenvalue weighted by Crippen LogP contribution is 2.28. The Kier molecular flexibility index (Phi) is 6.03. The van der Waals surface area contributed by atoms with Gasteiger partial charge in [-0.25, -0.2) is 9.78 Å². The van der Waals surface area contributed by atoms with Crippen LogP contribution in [0.3, 0.4) is 0 Å². The molecule has 4 rings (SSSR count). The normalized spacial score (nSPS) is 16.8. The Morgan fingerprint density at radius 2 is 1.76 bits per heavy atom. The van der Waals surface area contributed by atoms with Gasteiger partial charge in [-0.15, -0.1) is 0 Å². The van der Waals surface area contributed by atoms with Crippen molar-refractivity contribution in [3.05, 3.63) is 48.2 Å². The number of carbonyl (C=O) groups excluding carboxylic acids is 1. The zero-order chi connectivity index (χ0) is 20.1. The van der Waals surface area contributed by atoms with Crippen LogP contribution in [0.5, 0.6) is 5.75 Å². The van der Waals surface area contributed by atoms with Crippen LogP contribution in [0.1, 0.15) is 18.4 Å². The number of rotatable bonds is 5. The Morgan fingerprint density at radius 1 is 1.00 bits per heavy atom. The number of nitrogens with zero attached hydrogens (tertiary/aromatic N) is 4. The van der Waals surface area contributed by atoms with Gasteiger partial charge in [0.05, 0.1) is 12.8 Å². The minimum Gasteiger partial charge on any atom is -0.495 e. The number of urea groups is 1. The van der Waals surface area contributed by atoms with Crippen molar-refractivity contribution in [2.24, 2.45) is 0 Å². The van der Waals surface area contributed by atoms with E-state index < -0.39 is 0 Å². The maximum Gasteiger partial charge on any atom is 0.317 e. The molecular formula is C22H29N5O2. The van der Waals surface area contributed by atoms with Gasteiger partial charge in [-0.3, -0.25) is 0 Å². The molecule has 0 radical (unpaired) electrons.